The molecule has 1 amide bonds. The molecule has 1 N–H and O–H groups in total. The Labute approximate surface area is 186 Å². The monoisotopic (exact) mass is 472 g/mol. The van der Waals surface area contributed by atoms with Gasteiger partial charge in [-0.2, -0.15) is 13.2 Å². The van der Waals surface area contributed by atoms with Crippen molar-refractivity contribution in [3.05, 3.63) is 23.8 Å². The molecule has 4 rings (SSSR count). The molecule has 0 bridgehead atoms. The highest BCUT2D eigenvalue weighted by Crippen LogP contribution is 2.36. The summed E-state index contributed by atoms with van der Waals surface area (Å²) >= 11 is 1.12. The molecule has 13 heteroatoms. The van der Waals surface area contributed by atoms with Crippen LogP contribution in [0.1, 0.15) is 18.4 Å². The first kappa shape index (κ1) is 22.8. The highest BCUT2D eigenvalue weighted by molar-refractivity contribution is 7.99. The molecule has 9 nitrogen and oxygen atoms in total. The molecule has 2 aliphatic heterocycles. The Morgan fingerprint density at radius 2 is 2.06 bits per heavy atom. The van der Waals surface area contributed by atoms with Crippen molar-refractivity contribution >= 4 is 29.0 Å². The van der Waals surface area contributed by atoms with E-state index in [4.69, 9.17) is 9.47 Å². The van der Waals surface area contributed by atoms with E-state index in [-0.39, 0.29) is 17.5 Å². The number of alkyl halides is 3. The molecular weight excluding hydrogens is 449 g/mol. The molecule has 1 atom stereocenters. The molecule has 3 heterocycles. The number of anilines is 2. The second kappa shape index (κ2) is 10.0. The van der Waals surface area contributed by atoms with E-state index in [9.17, 15) is 18.0 Å². The first-order chi connectivity index (χ1) is 15.4. The Kier molecular flexibility index (Phi) is 7.16. The minimum Gasteiger partial charge on any atom is -0.378 e. The normalized spacial score (nSPS) is 19.3. The number of thioether (sulfide) groups is 1. The summed E-state index contributed by atoms with van der Waals surface area (Å²) in [6, 6.07) is 3.38. The predicted octanol–water partition coefficient (Wildman–Crippen LogP) is 2.44. The molecule has 2 aromatic rings. The number of hydrogen-bond acceptors (Lipinski definition) is 8. The number of aromatic nitrogens is 4. The van der Waals surface area contributed by atoms with Gasteiger partial charge >= 0.3 is 6.18 Å². The molecule has 0 spiro atoms. The largest absolute Gasteiger partial charge is 0.416 e. The topological polar surface area (TPSA) is 94.4 Å². The molecule has 0 aliphatic carbocycles. The zero-order valence-electron chi connectivity index (χ0n) is 17.2. The van der Waals surface area contributed by atoms with Crippen molar-refractivity contribution < 1.29 is 27.4 Å². The number of tetrazole rings is 1. The van der Waals surface area contributed by atoms with Crippen molar-refractivity contribution in [3.63, 3.8) is 0 Å². The van der Waals surface area contributed by atoms with Crippen molar-refractivity contribution in [3.8, 4) is 0 Å². The number of carbonyl (C=O) groups excluding carboxylic acids is 1. The Morgan fingerprint density at radius 3 is 2.78 bits per heavy atom. The van der Waals surface area contributed by atoms with Gasteiger partial charge in [0.15, 0.2) is 0 Å². The van der Waals surface area contributed by atoms with Gasteiger partial charge in [0.05, 0.1) is 48.6 Å². The minimum atomic E-state index is -4.51. The van der Waals surface area contributed by atoms with Crippen LogP contribution in [0.25, 0.3) is 0 Å². The molecular formula is C19H23F3N6O3S. The van der Waals surface area contributed by atoms with Gasteiger partial charge in [0, 0.05) is 19.7 Å². The zero-order chi connectivity index (χ0) is 22.6. The summed E-state index contributed by atoms with van der Waals surface area (Å²) in [5, 5.41) is 14.6. The third-order valence-corrected chi connectivity index (χ3v) is 6.14. The number of nitrogens with one attached hydrogen (secondary N) is 1. The van der Waals surface area contributed by atoms with E-state index in [1.54, 1.807) is 4.68 Å². The van der Waals surface area contributed by atoms with Crippen molar-refractivity contribution in [1.29, 1.82) is 0 Å². The summed E-state index contributed by atoms with van der Waals surface area (Å²) in [7, 11) is 0. The van der Waals surface area contributed by atoms with E-state index >= 15 is 0 Å². The SMILES string of the molecule is O=C(CSc1nnnn1C[C@@H]1CCCO1)Nc1cc(C(F)(F)F)ccc1N1CCOCC1. The zero-order valence-corrected chi connectivity index (χ0v) is 18.0. The lowest BCUT2D eigenvalue weighted by Crippen LogP contribution is -2.37. The second-order valence-electron chi connectivity index (χ2n) is 7.44. The standard InChI is InChI=1S/C19H23F3N6O3S/c20-19(21,22)13-3-4-16(27-5-8-30-9-6-27)15(10-13)23-17(29)12-32-18-24-25-26-28(18)11-14-2-1-7-31-14/h3-4,10,14H,1-2,5-9,11-12H2,(H,23,29)/t14-/m0/s1. The van der Waals surface area contributed by atoms with Crippen LogP contribution in [0.15, 0.2) is 23.4 Å². The number of carbonyl (C=O) groups is 1. The van der Waals surface area contributed by atoms with Gasteiger partial charge in [-0.05, 0) is 41.5 Å². The molecule has 174 valence electrons. The number of rotatable bonds is 7. The van der Waals surface area contributed by atoms with E-state index in [0.717, 1.165) is 36.7 Å². The summed E-state index contributed by atoms with van der Waals surface area (Å²) in [6.45, 7) is 3.20. The van der Waals surface area contributed by atoms with Crippen LogP contribution < -0.4 is 10.2 Å². The smallest absolute Gasteiger partial charge is 0.378 e. The molecule has 1 aromatic heterocycles. The fraction of sp³-hybridized carbons (Fsp3) is 0.579. The average Bonchev–Trinajstić information content (AvgIpc) is 3.45. The highest BCUT2D eigenvalue weighted by Gasteiger charge is 2.32. The third-order valence-electron chi connectivity index (χ3n) is 5.18. The van der Waals surface area contributed by atoms with Crippen molar-refractivity contribution in [2.24, 2.45) is 0 Å². The summed E-state index contributed by atoms with van der Waals surface area (Å²) in [4.78, 5) is 14.5. The van der Waals surface area contributed by atoms with E-state index < -0.39 is 17.6 Å². The molecule has 32 heavy (non-hydrogen) atoms. The van der Waals surface area contributed by atoms with Gasteiger partial charge < -0.3 is 19.7 Å². The van der Waals surface area contributed by atoms with Crippen LogP contribution in [-0.4, -0.2) is 70.9 Å². The lowest BCUT2D eigenvalue weighted by Gasteiger charge is -2.31. The van der Waals surface area contributed by atoms with E-state index in [2.05, 4.69) is 20.8 Å². The lowest BCUT2D eigenvalue weighted by atomic mass is 10.1. The number of morpholine rings is 1. The van der Waals surface area contributed by atoms with Gasteiger partial charge in [-0.25, -0.2) is 4.68 Å². The number of nitrogens with zero attached hydrogens (tertiary/aromatic N) is 5. The van der Waals surface area contributed by atoms with Crippen molar-refractivity contribution in [1.82, 2.24) is 20.2 Å². The van der Waals surface area contributed by atoms with Crippen LogP contribution in [0.2, 0.25) is 0 Å². The predicted molar refractivity (Wildman–Crippen MR) is 111 cm³/mol. The number of ether oxygens (including phenoxy) is 2. The second-order valence-corrected chi connectivity index (χ2v) is 8.39. The van der Waals surface area contributed by atoms with Crippen LogP contribution in [0, 0.1) is 0 Å². The Balaban J connectivity index is 1.43. The average molecular weight is 472 g/mol. The number of halogens is 3. The number of amides is 1. The van der Waals surface area contributed by atoms with Crippen LogP contribution in [0.5, 0.6) is 0 Å². The maximum Gasteiger partial charge on any atom is 0.416 e. The maximum atomic E-state index is 13.2. The quantitative estimate of drug-likeness (QED) is 0.615. The number of benzene rings is 1. The number of hydrogen-bond donors (Lipinski definition) is 1. The molecule has 0 unspecified atom stereocenters. The summed E-state index contributed by atoms with van der Waals surface area (Å²) in [5.74, 6) is -0.500. The van der Waals surface area contributed by atoms with Crippen molar-refractivity contribution in [2.75, 3.05) is 48.9 Å². The van der Waals surface area contributed by atoms with Crippen LogP contribution in [-0.2, 0) is 27.0 Å². The van der Waals surface area contributed by atoms with Crippen LogP contribution >= 0.6 is 11.8 Å². The van der Waals surface area contributed by atoms with Gasteiger partial charge in [0.2, 0.25) is 11.1 Å². The van der Waals surface area contributed by atoms with E-state index in [1.807, 2.05) is 4.90 Å². The van der Waals surface area contributed by atoms with Crippen molar-refractivity contribution in [2.45, 2.75) is 36.8 Å². The fourth-order valence-corrected chi connectivity index (χ4v) is 4.29. The summed E-state index contributed by atoms with van der Waals surface area (Å²) in [6.07, 6.45) is -2.57. The van der Waals surface area contributed by atoms with Crippen LogP contribution in [0.4, 0.5) is 24.5 Å². The fourth-order valence-electron chi connectivity index (χ4n) is 3.60. The van der Waals surface area contributed by atoms with Crippen LogP contribution in [0.3, 0.4) is 0 Å². The van der Waals surface area contributed by atoms with Gasteiger partial charge in [-0.1, -0.05) is 11.8 Å². The first-order valence-corrected chi connectivity index (χ1v) is 11.2. The van der Waals surface area contributed by atoms with E-state index in [1.165, 1.54) is 6.07 Å². The first-order valence-electron chi connectivity index (χ1n) is 10.2. The Morgan fingerprint density at radius 1 is 1.25 bits per heavy atom. The van der Waals surface area contributed by atoms with E-state index in [0.29, 0.717) is 50.3 Å². The van der Waals surface area contributed by atoms with Gasteiger partial charge in [-0.3, -0.25) is 4.79 Å². The maximum absolute atomic E-state index is 13.2. The highest BCUT2D eigenvalue weighted by atomic mass is 32.2. The summed E-state index contributed by atoms with van der Waals surface area (Å²) < 4.78 is 52.2. The molecule has 2 aliphatic rings. The van der Waals surface area contributed by atoms with Gasteiger partial charge in [0.1, 0.15) is 0 Å². The molecule has 2 saturated heterocycles. The van der Waals surface area contributed by atoms with Gasteiger partial charge in [-0.15, -0.1) is 5.10 Å². The molecule has 1 aromatic carbocycles. The molecule has 2 fully saturated rings. The molecule has 0 radical (unpaired) electrons. The Bertz CT molecular complexity index is 929. The third kappa shape index (κ3) is 5.70. The summed E-state index contributed by atoms with van der Waals surface area (Å²) in [5.41, 5.74) is -0.174. The minimum absolute atomic E-state index is 0.0351. The Hall–Kier alpha value is -2.38. The molecule has 0 saturated carbocycles. The van der Waals surface area contributed by atoms with Gasteiger partial charge in [0.25, 0.3) is 0 Å². The lowest BCUT2D eigenvalue weighted by molar-refractivity contribution is -0.137.